The largest absolute Gasteiger partial charge is 2.00 e. The van der Waals surface area contributed by atoms with E-state index in [-0.39, 0.29) is 41.1 Å². The van der Waals surface area contributed by atoms with Gasteiger partial charge in [-0.1, -0.05) is 66.3 Å². The van der Waals surface area contributed by atoms with Crippen LogP contribution in [0.15, 0.2) is 55.1 Å². The summed E-state index contributed by atoms with van der Waals surface area (Å²) in [5, 5.41) is 9.64. The molecule has 0 saturated carbocycles. The first-order chi connectivity index (χ1) is 30.3. The van der Waals surface area contributed by atoms with Crippen molar-refractivity contribution in [3.8, 4) is 0 Å². The molecule has 0 saturated heterocycles. The van der Waals surface area contributed by atoms with Crippen LogP contribution in [0.4, 0.5) is 0 Å². The summed E-state index contributed by atoms with van der Waals surface area (Å²) in [6.07, 6.45) is 8.49. The smallest absolute Gasteiger partial charge is 0.657 e. The molecule has 0 aromatic carbocycles. The van der Waals surface area contributed by atoms with Gasteiger partial charge >= 0.3 is 23.0 Å². The average molecular weight is 912 g/mol. The van der Waals surface area contributed by atoms with Crippen molar-refractivity contribution in [2.45, 2.75) is 86.0 Å². The van der Waals surface area contributed by atoms with Crippen LogP contribution in [0.25, 0.3) is 50.4 Å². The third kappa shape index (κ3) is 11.8. The molecule has 3 aliphatic rings. The fourth-order valence-corrected chi connectivity index (χ4v) is 8.01. The maximum atomic E-state index is 13.3. The number of hydrogen-bond acceptors (Lipinski definition) is 9. The molecule has 3 aromatic heterocycles. The summed E-state index contributed by atoms with van der Waals surface area (Å²) in [6.45, 7) is 20.8. The number of amides is 2. The third-order valence-electron chi connectivity index (χ3n) is 11.7. The fourth-order valence-electron chi connectivity index (χ4n) is 8.01. The molecule has 64 heavy (non-hydrogen) atoms. The Hall–Kier alpha value is -5.50. The number of carboxylic acid groups (broad SMARTS) is 1. The summed E-state index contributed by atoms with van der Waals surface area (Å²) in [5.74, 6) is -1.25. The van der Waals surface area contributed by atoms with Crippen molar-refractivity contribution in [3.05, 3.63) is 100 Å². The van der Waals surface area contributed by atoms with E-state index < -0.39 is 5.97 Å². The topological polar surface area (TPSA) is 173 Å². The van der Waals surface area contributed by atoms with E-state index in [1.165, 1.54) is 11.0 Å². The minimum Gasteiger partial charge on any atom is -0.657 e. The van der Waals surface area contributed by atoms with Crippen LogP contribution in [-0.4, -0.2) is 89.7 Å². The summed E-state index contributed by atoms with van der Waals surface area (Å²) in [4.78, 5) is 70.2. The van der Waals surface area contributed by atoms with Crippen molar-refractivity contribution >= 4 is 74.0 Å². The minimum absolute atomic E-state index is 0. The molecule has 13 nitrogen and oxygen atoms in total. The Morgan fingerprint density at radius 2 is 1.28 bits per heavy atom. The Morgan fingerprint density at radius 3 is 1.94 bits per heavy atom. The van der Waals surface area contributed by atoms with Crippen LogP contribution >= 0.6 is 0 Å². The van der Waals surface area contributed by atoms with Gasteiger partial charge in [0, 0.05) is 56.2 Å². The van der Waals surface area contributed by atoms with Gasteiger partial charge in [0.1, 0.15) is 5.78 Å². The molecule has 3 aromatic rings. The number of aliphatic carboxylic acids is 1. The van der Waals surface area contributed by atoms with E-state index in [1.54, 1.807) is 13.0 Å². The number of carboxylic acids is 1. The van der Waals surface area contributed by atoms with Crippen LogP contribution in [0.3, 0.4) is 0 Å². The molecule has 6 heterocycles. The minimum atomic E-state index is -0.893. The summed E-state index contributed by atoms with van der Waals surface area (Å²) in [5.41, 5.74) is 13.6. The number of ether oxygens (including phenoxy) is 3. The Kier molecular flexibility index (Phi) is 17.7. The van der Waals surface area contributed by atoms with Crippen molar-refractivity contribution < 1.29 is 55.6 Å². The number of imide groups is 1. The van der Waals surface area contributed by atoms with Gasteiger partial charge in [0.15, 0.2) is 0 Å². The first-order valence-electron chi connectivity index (χ1n) is 21.6. The molecule has 0 fully saturated rings. The van der Waals surface area contributed by atoms with Gasteiger partial charge in [-0.05, 0) is 89.0 Å². The zero-order valence-electron chi connectivity index (χ0n) is 37.5. The number of rotatable bonds is 23. The van der Waals surface area contributed by atoms with E-state index >= 15 is 0 Å². The number of ketones is 1. The molecule has 1 N–H and O–H groups in total. The Balaban J connectivity index is 0.00000771. The number of unbranched alkanes of at least 4 members (excludes halogenated alkanes) is 1. The van der Waals surface area contributed by atoms with Crippen molar-refractivity contribution in [2.24, 2.45) is 0 Å². The van der Waals surface area contributed by atoms with Gasteiger partial charge in [-0.25, -0.2) is 9.97 Å². The summed E-state index contributed by atoms with van der Waals surface area (Å²) in [7, 11) is 0. The molecule has 0 atom stereocenters. The van der Waals surface area contributed by atoms with E-state index in [1.807, 2.05) is 58.0 Å². The molecule has 0 unspecified atom stereocenters. The average Bonchev–Trinajstić information content (AvgIpc) is 3.97. The van der Waals surface area contributed by atoms with E-state index in [2.05, 4.69) is 13.2 Å². The molecule has 8 bridgehead atoms. The first-order valence-corrected chi connectivity index (χ1v) is 21.6. The Bertz CT molecular complexity index is 2580. The molecular formula is C50H57FeN5O8. The molecule has 338 valence electrons. The van der Waals surface area contributed by atoms with Crippen LogP contribution in [0.5, 0.6) is 0 Å². The van der Waals surface area contributed by atoms with Gasteiger partial charge in [-0.2, -0.15) is 0 Å². The number of carbonyl (C=O) groups excluding carboxylic acids is 3. The third-order valence-corrected chi connectivity index (χ3v) is 11.7. The zero-order valence-corrected chi connectivity index (χ0v) is 38.6. The predicted octanol–water partition coefficient (Wildman–Crippen LogP) is 8.17. The Morgan fingerprint density at radius 1 is 0.688 bits per heavy atom. The van der Waals surface area contributed by atoms with Gasteiger partial charge in [0.25, 0.3) is 11.8 Å². The maximum Gasteiger partial charge on any atom is 2.00 e. The quantitative estimate of drug-likeness (QED) is 0.0550. The van der Waals surface area contributed by atoms with Gasteiger partial charge in [0.05, 0.1) is 49.2 Å². The molecule has 2 amide bonds. The van der Waals surface area contributed by atoms with Gasteiger partial charge < -0.3 is 29.3 Å². The van der Waals surface area contributed by atoms with E-state index in [4.69, 9.17) is 34.1 Å². The van der Waals surface area contributed by atoms with E-state index in [0.29, 0.717) is 113 Å². The number of hydrogen-bond donors (Lipinski definition) is 1. The molecule has 14 heteroatoms. The molecule has 0 aliphatic carbocycles. The van der Waals surface area contributed by atoms with Gasteiger partial charge in [-0.3, -0.25) is 24.1 Å². The number of Topliss-reactive ketones (excluding diaryl/α,β-unsaturated/α-hetero) is 1. The zero-order chi connectivity index (χ0) is 45.2. The number of carbonyl (C=O) groups is 4. The number of fused-ring (bicyclic) bond motifs is 8. The van der Waals surface area contributed by atoms with E-state index in [9.17, 15) is 24.3 Å². The standard InChI is InChI=1S/C50H59N5O8.Fe/c1-8-36-31(4)40-26-41-33(6)38(15-14-35(56)13-10-11-19-61-21-23-63-24-22-62-20-12-18-55-48(57)25-30(3)50(55)60)46(53-41)29-47-39(16-17-49(58)59)34(7)43(54-47)28-45-37(9-2)32(5)42(52-45)27-44(36)51-40;/h8-9,25-29H,1-2,10-24H2,3-7H3,(H3,51,52,53,54,57,58,59,60);/q;+2/p-2. The van der Waals surface area contributed by atoms with Crippen LogP contribution in [0.2, 0.25) is 0 Å². The van der Waals surface area contributed by atoms with Crippen LogP contribution in [-0.2, 0) is 56.9 Å². The van der Waals surface area contributed by atoms with Crippen molar-refractivity contribution in [1.82, 2.24) is 24.8 Å². The molecular weight excluding hydrogens is 854 g/mol. The van der Waals surface area contributed by atoms with Crippen LogP contribution in [0.1, 0.15) is 111 Å². The summed E-state index contributed by atoms with van der Waals surface area (Å²) in [6, 6.07) is 7.81. The molecule has 0 radical (unpaired) electrons. The van der Waals surface area contributed by atoms with Crippen LogP contribution < -0.4 is 9.97 Å². The van der Waals surface area contributed by atoms with E-state index in [0.717, 1.165) is 73.4 Å². The number of aromatic nitrogens is 4. The summed E-state index contributed by atoms with van der Waals surface area (Å²) < 4.78 is 16.8. The molecule has 6 rings (SSSR count). The SMILES string of the molecule is C=CC1=C(C)c2cc3[n-]c(cc4nc(cc5[n-]c(cc1n2)c(C)c5C=C)C(C)=C4CCC(=O)O)c(CCC(=O)CCCCOCCOCCOCCCN1C(=O)C=C(C)C1=O)c3C.[Fe+2]. The number of nitrogens with zero attached hydrogens (tertiary/aromatic N) is 5. The number of aryl methyl sites for hydroxylation is 3. The first kappa shape index (κ1) is 49.5. The van der Waals surface area contributed by atoms with Gasteiger partial charge in [0.2, 0.25) is 0 Å². The molecule has 3 aliphatic heterocycles. The van der Waals surface area contributed by atoms with Crippen LogP contribution in [0, 0.1) is 13.8 Å². The normalized spacial score (nSPS) is 13.8. The monoisotopic (exact) mass is 911 g/mol. The fraction of sp³-hybridized carbons (Fsp3) is 0.400. The predicted molar refractivity (Wildman–Crippen MR) is 245 cm³/mol. The summed E-state index contributed by atoms with van der Waals surface area (Å²) >= 11 is 0. The molecule has 0 spiro atoms. The van der Waals surface area contributed by atoms with Crippen molar-refractivity contribution in [1.29, 1.82) is 0 Å². The second-order valence-corrected chi connectivity index (χ2v) is 16.0. The maximum absolute atomic E-state index is 13.3. The van der Waals surface area contributed by atoms with Gasteiger partial charge in [-0.15, -0.1) is 22.1 Å². The van der Waals surface area contributed by atoms with Crippen molar-refractivity contribution in [2.75, 3.05) is 46.2 Å². The second kappa shape index (κ2) is 22.9. The Labute approximate surface area is 385 Å². The number of allylic oxidation sites excluding steroid dienone is 5. The second-order valence-electron chi connectivity index (χ2n) is 16.0. The van der Waals surface area contributed by atoms with Crippen molar-refractivity contribution in [3.63, 3.8) is 0 Å².